The molecule has 98 valence electrons. The molecule has 0 aliphatic heterocycles. The fourth-order valence-electron chi connectivity index (χ4n) is 2.56. The van der Waals surface area contributed by atoms with Gasteiger partial charge in [-0.3, -0.25) is 0 Å². The second-order valence-electron chi connectivity index (χ2n) is 4.72. The van der Waals surface area contributed by atoms with Gasteiger partial charge in [-0.2, -0.15) is 0 Å². The molecular formula is C16H10Br2N2. The third kappa shape index (κ3) is 1.68. The van der Waals surface area contributed by atoms with E-state index in [2.05, 4.69) is 66.1 Å². The van der Waals surface area contributed by atoms with Gasteiger partial charge >= 0.3 is 0 Å². The van der Waals surface area contributed by atoms with Crippen molar-refractivity contribution in [3.63, 3.8) is 0 Å². The molecule has 0 fully saturated rings. The molecule has 0 aliphatic carbocycles. The zero-order valence-corrected chi connectivity index (χ0v) is 13.5. The summed E-state index contributed by atoms with van der Waals surface area (Å²) in [4.78, 5) is 6.95. The molecule has 0 bridgehead atoms. The van der Waals surface area contributed by atoms with Gasteiger partial charge in [-0.15, -0.1) is 0 Å². The van der Waals surface area contributed by atoms with E-state index in [1.165, 1.54) is 10.8 Å². The topological polar surface area (TPSA) is 31.6 Å². The molecule has 0 spiro atoms. The normalized spacial score (nSPS) is 11.5. The van der Waals surface area contributed by atoms with Crippen molar-refractivity contribution < 1.29 is 0 Å². The highest BCUT2D eigenvalue weighted by Crippen LogP contribution is 2.40. The molecule has 2 nitrogen and oxygen atoms in total. The molecule has 0 radical (unpaired) electrons. The summed E-state index contributed by atoms with van der Waals surface area (Å²) in [6.45, 7) is 0. The van der Waals surface area contributed by atoms with Gasteiger partial charge in [-0.05, 0) is 44.0 Å². The fraction of sp³-hybridized carbons (Fsp3) is 0. The predicted molar refractivity (Wildman–Crippen MR) is 91.0 cm³/mol. The van der Waals surface area contributed by atoms with Crippen LogP contribution in [-0.4, -0.2) is 9.97 Å². The second kappa shape index (κ2) is 4.50. The Morgan fingerprint density at radius 3 is 1.40 bits per heavy atom. The van der Waals surface area contributed by atoms with Crippen molar-refractivity contribution in [2.75, 3.05) is 0 Å². The Morgan fingerprint density at radius 1 is 0.600 bits per heavy atom. The molecule has 0 aliphatic rings. The largest absolute Gasteiger partial charge is 0.352 e. The lowest BCUT2D eigenvalue weighted by Crippen LogP contribution is -1.79. The summed E-state index contributed by atoms with van der Waals surface area (Å²) in [5.41, 5.74) is 4.38. The maximum absolute atomic E-state index is 3.71. The first-order valence-electron chi connectivity index (χ1n) is 6.28. The van der Waals surface area contributed by atoms with Gasteiger partial charge in [-0.25, -0.2) is 0 Å². The third-order valence-corrected chi connectivity index (χ3v) is 5.18. The molecule has 2 aromatic heterocycles. The van der Waals surface area contributed by atoms with E-state index in [1.54, 1.807) is 0 Å². The molecule has 4 heteroatoms. The number of halogens is 2. The molecule has 0 atom stereocenters. The van der Waals surface area contributed by atoms with Gasteiger partial charge in [0.2, 0.25) is 0 Å². The Labute approximate surface area is 132 Å². The summed E-state index contributed by atoms with van der Waals surface area (Å²) in [7, 11) is 0. The molecule has 0 saturated carbocycles. The van der Waals surface area contributed by atoms with Crippen molar-refractivity contribution in [1.82, 2.24) is 9.97 Å². The number of benzene rings is 2. The average Bonchev–Trinajstić information content (AvgIpc) is 2.98. The van der Waals surface area contributed by atoms with Crippen molar-refractivity contribution in [1.29, 1.82) is 0 Å². The van der Waals surface area contributed by atoms with Crippen LogP contribution in [-0.2, 0) is 0 Å². The number of rotatable bonds is 1. The van der Waals surface area contributed by atoms with Crippen LogP contribution in [0.1, 0.15) is 0 Å². The minimum atomic E-state index is 1.06. The lowest BCUT2D eigenvalue weighted by atomic mass is 10.2. The van der Waals surface area contributed by atoms with Crippen LogP contribution in [0.3, 0.4) is 0 Å². The summed E-state index contributed by atoms with van der Waals surface area (Å²) >= 11 is 7.42. The Bertz CT molecular complexity index is 856. The lowest BCUT2D eigenvalue weighted by Gasteiger charge is -1.97. The van der Waals surface area contributed by atoms with Gasteiger partial charge in [0, 0.05) is 21.8 Å². The van der Waals surface area contributed by atoms with Gasteiger partial charge in [0.15, 0.2) is 0 Å². The third-order valence-electron chi connectivity index (χ3n) is 3.54. The fourth-order valence-corrected chi connectivity index (χ4v) is 3.85. The van der Waals surface area contributed by atoms with Crippen LogP contribution in [0.15, 0.2) is 57.5 Å². The lowest BCUT2D eigenvalue weighted by molar-refractivity contribution is 1.36. The van der Waals surface area contributed by atoms with Gasteiger partial charge in [0.25, 0.3) is 0 Å². The maximum atomic E-state index is 3.71. The zero-order valence-electron chi connectivity index (χ0n) is 10.4. The minimum absolute atomic E-state index is 1.06. The van der Waals surface area contributed by atoms with Crippen molar-refractivity contribution in [3.8, 4) is 11.4 Å². The molecule has 20 heavy (non-hydrogen) atoms. The summed E-state index contributed by atoms with van der Waals surface area (Å²) in [5, 5.41) is 2.38. The Kier molecular flexibility index (Phi) is 2.75. The van der Waals surface area contributed by atoms with Crippen molar-refractivity contribution >= 4 is 53.7 Å². The number of aromatic amines is 2. The Hall–Kier alpha value is -1.52. The van der Waals surface area contributed by atoms with Crippen LogP contribution in [0.5, 0.6) is 0 Å². The van der Waals surface area contributed by atoms with Crippen molar-refractivity contribution in [3.05, 3.63) is 57.5 Å². The maximum Gasteiger partial charge on any atom is 0.0786 e. The van der Waals surface area contributed by atoms with Crippen molar-refractivity contribution in [2.24, 2.45) is 0 Å². The number of H-pyrrole nitrogens is 2. The molecule has 2 heterocycles. The van der Waals surface area contributed by atoms with Crippen LogP contribution in [0.4, 0.5) is 0 Å². The zero-order chi connectivity index (χ0) is 13.7. The number of aromatic nitrogens is 2. The van der Waals surface area contributed by atoms with E-state index in [0.717, 1.165) is 31.4 Å². The monoisotopic (exact) mass is 388 g/mol. The van der Waals surface area contributed by atoms with E-state index in [-0.39, 0.29) is 0 Å². The van der Waals surface area contributed by atoms with Crippen LogP contribution in [0.25, 0.3) is 33.2 Å². The molecule has 4 rings (SSSR count). The molecule has 2 aromatic carbocycles. The number of fused-ring (bicyclic) bond motifs is 2. The Morgan fingerprint density at radius 2 is 1.00 bits per heavy atom. The summed E-state index contributed by atoms with van der Waals surface area (Å²) in [5.74, 6) is 0. The molecule has 4 aromatic rings. The van der Waals surface area contributed by atoms with E-state index >= 15 is 0 Å². The SMILES string of the molecule is Brc1c(-c2[nH]c3ccccc3c2Br)[nH]c2ccccc12. The highest BCUT2D eigenvalue weighted by Gasteiger charge is 2.16. The van der Waals surface area contributed by atoms with Crippen molar-refractivity contribution in [2.45, 2.75) is 0 Å². The van der Waals surface area contributed by atoms with E-state index in [9.17, 15) is 0 Å². The summed E-state index contributed by atoms with van der Waals surface area (Å²) in [6.07, 6.45) is 0. The molecule has 0 amide bonds. The summed E-state index contributed by atoms with van der Waals surface area (Å²) in [6, 6.07) is 16.5. The number of hydrogen-bond acceptors (Lipinski definition) is 0. The van der Waals surface area contributed by atoms with E-state index in [1.807, 2.05) is 24.3 Å². The highest BCUT2D eigenvalue weighted by atomic mass is 79.9. The van der Waals surface area contributed by atoms with E-state index in [4.69, 9.17) is 0 Å². The van der Waals surface area contributed by atoms with Crippen LogP contribution >= 0.6 is 31.9 Å². The van der Waals surface area contributed by atoms with Crippen LogP contribution in [0.2, 0.25) is 0 Å². The van der Waals surface area contributed by atoms with Gasteiger partial charge in [0.1, 0.15) is 0 Å². The first-order valence-corrected chi connectivity index (χ1v) is 7.87. The molecule has 2 N–H and O–H groups in total. The highest BCUT2D eigenvalue weighted by molar-refractivity contribution is 9.11. The predicted octanol–water partition coefficient (Wildman–Crippen LogP) is 5.84. The number of para-hydroxylation sites is 2. The quantitative estimate of drug-likeness (QED) is 0.409. The van der Waals surface area contributed by atoms with Crippen LogP contribution in [0, 0.1) is 0 Å². The molecule has 0 saturated heterocycles. The van der Waals surface area contributed by atoms with Gasteiger partial charge < -0.3 is 9.97 Å². The molecule has 0 unspecified atom stereocenters. The minimum Gasteiger partial charge on any atom is -0.352 e. The summed E-state index contributed by atoms with van der Waals surface area (Å²) < 4.78 is 2.17. The van der Waals surface area contributed by atoms with Gasteiger partial charge in [-0.1, -0.05) is 36.4 Å². The second-order valence-corrected chi connectivity index (χ2v) is 6.31. The van der Waals surface area contributed by atoms with E-state index < -0.39 is 0 Å². The number of hydrogen-bond donors (Lipinski definition) is 2. The van der Waals surface area contributed by atoms with Gasteiger partial charge in [0.05, 0.1) is 20.3 Å². The first kappa shape index (κ1) is 12.2. The number of nitrogens with one attached hydrogen (secondary N) is 2. The average molecular weight is 390 g/mol. The molecular weight excluding hydrogens is 380 g/mol. The van der Waals surface area contributed by atoms with Crippen LogP contribution < -0.4 is 0 Å². The smallest absolute Gasteiger partial charge is 0.0786 e. The van der Waals surface area contributed by atoms with E-state index in [0.29, 0.717) is 0 Å². The standard InChI is InChI=1S/C16H10Br2N2/c17-13-9-5-1-3-7-11(9)19-15(13)16-14(18)10-6-2-4-8-12(10)20-16/h1-8,19-20H. The Balaban J connectivity index is 2.06. The first-order chi connectivity index (χ1) is 9.75.